The van der Waals surface area contributed by atoms with Crippen LogP contribution in [0.1, 0.15) is 42.3 Å². The van der Waals surface area contributed by atoms with E-state index in [2.05, 4.69) is 25.3 Å². The molecule has 0 saturated heterocycles. The molecule has 0 fully saturated rings. The molecule has 4 aromatic carbocycles. The van der Waals surface area contributed by atoms with Crippen molar-refractivity contribution in [1.82, 2.24) is 9.97 Å². The van der Waals surface area contributed by atoms with Crippen LogP contribution in [0.25, 0.3) is 22.0 Å². The highest BCUT2D eigenvalue weighted by atomic mass is 32.2. The monoisotopic (exact) mass is 703 g/mol. The van der Waals surface area contributed by atoms with E-state index in [0.29, 0.717) is 28.4 Å². The van der Waals surface area contributed by atoms with Gasteiger partial charge >= 0.3 is 10.1 Å². The number of sulfonamides is 1. The van der Waals surface area contributed by atoms with E-state index in [4.69, 9.17) is 8.92 Å². The van der Waals surface area contributed by atoms with Crippen molar-refractivity contribution in [2.45, 2.75) is 33.1 Å². The number of carbonyl (C=O) groups is 1. The van der Waals surface area contributed by atoms with Gasteiger partial charge in [0.2, 0.25) is 16.0 Å². The van der Waals surface area contributed by atoms with Gasteiger partial charge in [-0.1, -0.05) is 32.9 Å². The zero-order valence-corrected chi connectivity index (χ0v) is 29.7. The Hall–Kier alpha value is -5.21. The first-order valence-electron chi connectivity index (χ1n) is 15.0. The molecule has 0 radical (unpaired) electrons. The predicted molar refractivity (Wildman–Crippen MR) is 193 cm³/mol. The lowest BCUT2D eigenvalue weighted by molar-refractivity contribution is 0.102. The molecule has 0 spiro atoms. The number of ether oxygens (including phenoxy) is 1. The molecule has 1 heterocycles. The smallest absolute Gasteiger partial charge is 0.306 e. The minimum atomic E-state index is -3.63. The molecule has 0 aliphatic rings. The highest BCUT2D eigenvalue weighted by Gasteiger charge is 2.23. The first-order chi connectivity index (χ1) is 22.9. The van der Waals surface area contributed by atoms with Crippen LogP contribution in [-0.4, -0.2) is 52.3 Å². The zero-order valence-electron chi connectivity index (χ0n) is 28.1. The number of methoxy groups -OCH3 is 1. The van der Waals surface area contributed by atoms with Crippen molar-refractivity contribution in [3.8, 4) is 22.6 Å². The average Bonchev–Trinajstić information content (AvgIpc) is 3.00. The quantitative estimate of drug-likeness (QED) is 0.135. The van der Waals surface area contributed by atoms with E-state index in [-0.39, 0.29) is 22.6 Å². The van der Waals surface area contributed by atoms with Crippen molar-refractivity contribution in [3.05, 3.63) is 95.7 Å². The third kappa shape index (κ3) is 8.83. The van der Waals surface area contributed by atoms with Crippen molar-refractivity contribution in [1.29, 1.82) is 0 Å². The number of hydrogen-bond acceptors (Lipinski definition) is 10. The van der Waals surface area contributed by atoms with Crippen LogP contribution in [0.2, 0.25) is 0 Å². The van der Waals surface area contributed by atoms with Gasteiger partial charge < -0.3 is 19.6 Å². The van der Waals surface area contributed by atoms with Gasteiger partial charge in [0.1, 0.15) is 5.75 Å². The fraction of sp³-hybridized carbons (Fsp3) is 0.229. The van der Waals surface area contributed by atoms with E-state index in [1.54, 1.807) is 42.6 Å². The van der Waals surface area contributed by atoms with Gasteiger partial charge in [0.05, 0.1) is 36.5 Å². The number of benzene rings is 4. The van der Waals surface area contributed by atoms with Gasteiger partial charge in [0.25, 0.3) is 5.91 Å². The lowest BCUT2D eigenvalue weighted by Crippen LogP contribution is -2.18. The maximum atomic E-state index is 13.6. The molecule has 1 amide bonds. The van der Waals surface area contributed by atoms with Crippen molar-refractivity contribution >= 4 is 60.0 Å². The first-order valence-corrected chi connectivity index (χ1v) is 18.8. The van der Waals surface area contributed by atoms with Gasteiger partial charge in [-0.2, -0.15) is 8.42 Å². The molecular formula is C35H37N5O7S2. The average molecular weight is 704 g/mol. The third-order valence-electron chi connectivity index (χ3n) is 7.45. The summed E-state index contributed by atoms with van der Waals surface area (Å²) in [6.07, 6.45) is 3.73. The Morgan fingerprint density at radius 3 is 2.18 bits per heavy atom. The third-order valence-corrected chi connectivity index (χ3v) is 8.54. The Balaban J connectivity index is 1.40. The Bertz CT molecular complexity index is 2280. The highest BCUT2D eigenvalue weighted by Crippen LogP contribution is 2.39. The van der Waals surface area contributed by atoms with E-state index < -0.39 is 26.0 Å². The molecule has 3 N–H and O–H groups in total. The number of aromatic nitrogens is 2. The van der Waals surface area contributed by atoms with Gasteiger partial charge in [-0.15, -0.1) is 0 Å². The molecular weight excluding hydrogens is 667 g/mol. The second kappa shape index (κ2) is 13.4. The Morgan fingerprint density at radius 2 is 1.55 bits per heavy atom. The number of nitrogens with one attached hydrogen (secondary N) is 3. The molecule has 0 saturated carbocycles. The maximum Gasteiger partial charge on any atom is 0.306 e. The summed E-state index contributed by atoms with van der Waals surface area (Å²) in [5.41, 5.74) is 5.38. The van der Waals surface area contributed by atoms with Gasteiger partial charge in [0, 0.05) is 22.8 Å². The number of carbonyl (C=O) groups excluding carboxylic acids is 1. The predicted octanol–water partition coefficient (Wildman–Crippen LogP) is 6.62. The molecule has 0 atom stereocenters. The number of rotatable bonds is 10. The summed E-state index contributed by atoms with van der Waals surface area (Å²) in [6.45, 7) is 7.92. The number of amides is 1. The van der Waals surface area contributed by atoms with Crippen LogP contribution in [-0.2, 0) is 25.6 Å². The van der Waals surface area contributed by atoms with Crippen LogP contribution in [0.4, 0.5) is 23.0 Å². The standard InChI is InChI=1S/C35H37N5O7S2/c1-21-8-9-23(33(41)38-30-18-25(35(2,3)4)19-31(32(30)46-5)40-48(6,42)43)17-28(21)22-10-15-29-24(16-22)20-36-34(39-29)37-26-11-13-27(14-12-26)47-49(7,44)45/h8-20,40H,1-7H3,(H,38,41)(H,36,37,39). The summed E-state index contributed by atoms with van der Waals surface area (Å²) in [7, 11) is -5.83. The lowest BCUT2D eigenvalue weighted by Gasteiger charge is -2.24. The van der Waals surface area contributed by atoms with E-state index in [1.807, 2.05) is 52.0 Å². The van der Waals surface area contributed by atoms with Crippen LogP contribution >= 0.6 is 0 Å². The molecule has 49 heavy (non-hydrogen) atoms. The summed E-state index contributed by atoms with van der Waals surface area (Å²) < 4.78 is 59.9. The topological polar surface area (TPSA) is 166 Å². The lowest BCUT2D eigenvalue weighted by atomic mass is 9.86. The molecule has 5 aromatic rings. The molecule has 0 bridgehead atoms. The fourth-order valence-corrected chi connectivity index (χ4v) is 6.09. The largest absolute Gasteiger partial charge is 0.492 e. The summed E-state index contributed by atoms with van der Waals surface area (Å²) >= 11 is 0. The molecule has 256 valence electrons. The second-order valence-electron chi connectivity index (χ2n) is 12.6. The van der Waals surface area contributed by atoms with Crippen molar-refractivity contribution in [2.24, 2.45) is 0 Å². The zero-order chi connectivity index (χ0) is 35.7. The Morgan fingerprint density at radius 1 is 0.857 bits per heavy atom. The number of aryl methyl sites for hydroxylation is 1. The highest BCUT2D eigenvalue weighted by molar-refractivity contribution is 7.92. The minimum absolute atomic E-state index is 0.195. The molecule has 12 nitrogen and oxygen atoms in total. The summed E-state index contributed by atoms with van der Waals surface area (Å²) in [5.74, 6) is 0.349. The molecule has 5 rings (SSSR count). The number of nitrogens with zero attached hydrogens (tertiary/aromatic N) is 2. The van der Waals surface area contributed by atoms with Crippen LogP contribution in [0, 0.1) is 6.92 Å². The van der Waals surface area contributed by atoms with E-state index >= 15 is 0 Å². The fourth-order valence-electron chi connectivity index (χ4n) is 5.08. The Labute approximate surface area is 286 Å². The SMILES string of the molecule is COc1c(NC(=O)c2ccc(C)c(-c3ccc4nc(Nc5ccc(OS(C)(=O)=O)cc5)ncc4c3)c2)cc(C(C)(C)C)cc1NS(C)(=O)=O. The van der Waals surface area contributed by atoms with E-state index in [0.717, 1.165) is 40.2 Å². The molecule has 1 aromatic heterocycles. The minimum Gasteiger partial charge on any atom is -0.492 e. The second-order valence-corrected chi connectivity index (χ2v) is 15.9. The first kappa shape index (κ1) is 35.1. The van der Waals surface area contributed by atoms with Crippen LogP contribution in [0.15, 0.2) is 79.0 Å². The maximum absolute atomic E-state index is 13.6. The van der Waals surface area contributed by atoms with Crippen LogP contribution in [0.5, 0.6) is 11.5 Å². The van der Waals surface area contributed by atoms with Gasteiger partial charge in [-0.25, -0.2) is 18.4 Å². The van der Waals surface area contributed by atoms with Gasteiger partial charge in [0.15, 0.2) is 5.75 Å². The van der Waals surface area contributed by atoms with E-state index in [1.165, 1.54) is 19.2 Å². The normalized spacial score (nSPS) is 12.0. The summed E-state index contributed by atoms with van der Waals surface area (Å²) in [5, 5.41) is 6.81. The molecule has 14 heteroatoms. The van der Waals surface area contributed by atoms with Crippen LogP contribution in [0.3, 0.4) is 0 Å². The van der Waals surface area contributed by atoms with Crippen molar-refractivity contribution in [2.75, 3.05) is 35.0 Å². The molecule has 0 unspecified atom stereocenters. The summed E-state index contributed by atoms with van der Waals surface area (Å²) in [6, 6.07) is 21.0. The van der Waals surface area contributed by atoms with E-state index in [9.17, 15) is 21.6 Å². The van der Waals surface area contributed by atoms with Crippen molar-refractivity contribution in [3.63, 3.8) is 0 Å². The number of fused-ring (bicyclic) bond motifs is 1. The van der Waals surface area contributed by atoms with Gasteiger partial charge in [-0.3, -0.25) is 9.52 Å². The number of anilines is 4. The molecule has 0 aliphatic carbocycles. The van der Waals surface area contributed by atoms with Crippen LogP contribution < -0.4 is 24.3 Å². The molecule has 0 aliphatic heterocycles. The van der Waals surface area contributed by atoms with Gasteiger partial charge in [-0.05, 0) is 95.3 Å². The number of hydrogen-bond donors (Lipinski definition) is 3. The Kier molecular flexibility index (Phi) is 9.57. The summed E-state index contributed by atoms with van der Waals surface area (Å²) in [4.78, 5) is 22.7. The van der Waals surface area contributed by atoms with Crippen molar-refractivity contribution < 1.29 is 30.6 Å².